The van der Waals surface area contributed by atoms with Crippen molar-refractivity contribution >= 4 is 23.4 Å². The number of non-ortho nitro benzene ring substituents is 1. The number of primary amides is 1. The molecule has 1 aliphatic heterocycles. The highest BCUT2D eigenvalue weighted by atomic mass is 32.2. The van der Waals surface area contributed by atoms with Crippen LogP contribution in [0.1, 0.15) is 12.8 Å². The first kappa shape index (κ1) is 17.4. The topological polar surface area (TPSA) is 126 Å². The number of hydrogen-bond acceptors (Lipinski definition) is 7. The van der Waals surface area contributed by atoms with E-state index >= 15 is 0 Å². The number of nitrogens with zero attached hydrogens (tertiary/aromatic N) is 4. The monoisotopic (exact) mass is 363 g/mol. The van der Waals surface area contributed by atoms with Crippen LogP contribution in [-0.4, -0.2) is 44.1 Å². The van der Waals surface area contributed by atoms with Gasteiger partial charge in [-0.3, -0.25) is 19.5 Å². The van der Waals surface area contributed by atoms with Gasteiger partial charge in [-0.25, -0.2) is 0 Å². The van der Waals surface area contributed by atoms with Crippen molar-refractivity contribution in [1.29, 1.82) is 0 Å². The number of carbonyl (C=O) groups is 1. The summed E-state index contributed by atoms with van der Waals surface area (Å²) < 4.78 is 7.56. The summed E-state index contributed by atoms with van der Waals surface area (Å²) in [5, 5.41) is 19.7. The highest BCUT2D eigenvalue weighted by Crippen LogP contribution is 2.27. The molecule has 2 N–H and O–H groups in total. The zero-order valence-electron chi connectivity index (χ0n) is 13.3. The largest absolute Gasteiger partial charge is 0.376 e. The first-order chi connectivity index (χ1) is 12.0. The van der Waals surface area contributed by atoms with Gasteiger partial charge in [0.25, 0.3) is 5.69 Å². The molecule has 2 aromatic rings. The first-order valence-corrected chi connectivity index (χ1v) is 8.74. The lowest BCUT2D eigenvalue weighted by Gasteiger charge is -2.14. The molecule has 0 bridgehead atoms. The molecule has 2 heterocycles. The first-order valence-electron chi connectivity index (χ1n) is 7.75. The second kappa shape index (κ2) is 7.62. The molecule has 0 aliphatic carbocycles. The van der Waals surface area contributed by atoms with Crippen LogP contribution < -0.4 is 5.73 Å². The average Bonchev–Trinajstić information content (AvgIpc) is 3.23. The van der Waals surface area contributed by atoms with Gasteiger partial charge < -0.3 is 10.5 Å². The van der Waals surface area contributed by atoms with Gasteiger partial charge in [-0.1, -0.05) is 11.8 Å². The Balaban J connectivity index is 1.90. The predicted octanol–water partition coefficient (Wildman–Crippen LogP) is 1.61. The fraction of sp³-hybridized carbons (Fsp3) is 0.400. The van der Waals surface area contributed by atoms with Crippen molar-refractivity contribution in [3.8, 4) is 11.4 Å². The molecule has 0 radical (unpaired) electrons. The number of ether oxygens (including phenoxy) is 1. The number of rotatable bonds is 7. The van der Waals surface area contributed by atoms with E-state index in [-0.39, 0.29) is 17.5 Å². The normalized spacial score (nSPS) is 16.9. The summed E-state index contributed by atoms with van der Waals surface area (Å²) in [7, 11) is 0. The lowest BCUT2D eigenvalue weighted by molar-refractivity contribution is -0.384. The van der Waals surface area contributed by atoms with Gasteiger partial charge in [0.1, 0.15) is 0 Å². The van der Waals surface area contributed by atoms with Crippen molar-refractivity contribution in [2.75, 3.05) is 12.4 Å². The van der Waals surface area contributed by atoms with Crippen molar-refractivity contribution in [2.24, 2.45) is 5.73 Å². The van der Waals surface area contributed by atoms with Crippen LogP contribution in [0.25, 0.3) is 11.4 Å². The molecule has 25 heavy (non-hydrogen) atoms. The van der Waals surface area contributed by atoms with E-state index in [1.165, 1.54) is 23.9 Å². The Labute approximate surface area is 147 Å². The quantitative estimate of drug-likeness (QED) is 0.450. The third kappa shape index (κ3) is 4.15. The second-order valence-electron chi connectivity index (χ2n) is 5.61. The highest BCUT2D eigenvalue weighted by Gasteiger charge is 2.22. The molecular formula is C15H17N5O4S. The summed E-state index contributed by atoms with van der Waals surface area (Å²) in [5.74, 6) is 0.245. The van der Waals surface area contributed by atoms with Gasteiger partial charge in [0, 0.05) is 24.3 Å². The van der Waals surface area contributed by atoms with E-state index in [2.05, 4.69) is 10.2 Å². The van der Waals surface area contributed by atoms with Crippen LogP contribution in [0.4, 0.5) is 5.69 Å². The average molecular weight is 363 g/mol. The van der Waals surface area contributed by atoms with Crippen LogP contribution in [0, 0.1) is 10.1 Å². The van der Waals surface area contributed by atoms with Gasteiger partial charge >= 0.3 is 0 Å². The van der Waals surface area contributed by atoms with Crippen molar-refractivity contribution in [3.63, 3.8) is 0 Å². The SMILES string of the molecule is NC(=O)CSc1nnc(-c2ccc([N+](=O)[O-])cc2)n1C[C@H]1CCCO1. The van der Waals surface area contributed by atoms with E-state index in [9.17, 15) is 14.9 Å². The summed E-state index contributed by atoms with van der Waals surface area (Å²) in [6.45, 7) is 1.28. The molecule has 0 saturated carbocycles. The Morgan fingerprint density at radius 2 is 2.16 bits per heavy atom. The van der Waals surface area contributed by atoms with Gasteiger partial charge in [0.2, 0.25) is 5.91 Å². The number of nitrogens with two attached hydrogens (primary N) is 1. The minimum Gasteiger partial charge on any atom is -0.376 e. The van der Waals surface area contributed by atoms with E-state index in [0.717, 1.165) is 19.4 Å². The zero-order chi connectivity index (χ0) is 17.8. The standard InChI is InChI=1S/C15H17N5O4S/c16-13(21)9-25-15-18-17-14(19(15)8-12-2-1-7-24-12)10-3-5-11(6-4-10)20(22)23/h3-6,12H,1-2,7-9H2,(H2,16,21)/t12-/m1/s1. The maximum atomic E-state index is 11.1. The Hall–Kier alpha value is -2.46. The number of thioether (sulfide) groups is 1. The molecule has 1 atom stereocenters. The van der Waals surface area contributed by atoms with E-state index < -0.39 is 10.8 Å². The Morgan fingerprint density at radius 1 is 1.40 bits per heavy atom. The molecule has 132 valence electrons. The van der Waals surface area contributed by atoms with Crippen molar-refractivity contribution in [3.05, 3.63) is 34.4 Å². The Kier molecular flexibility index (Phi) is 5.29. The van der Waals surface area contributed by atoms with Crippen LogP contribution >= 0.6 is 11.8 Å². The van der Waals surface area contributed by atoms with E-state index in [1.54, 1.807) is 12.1 Å². The van der Waals surface area contributed by atoms with E-state index in [1.807, 2.05) is 4.57 Å². The number of benzene rings is 1. The second-order valence-corrected chi connectivity index (χ2v) is 6.55. The molecule has 0 spiro atoms. The lowest BCUT2D eigenvalue weighted by atomic mass is 10.2. The number of amides is 1. The molecule has 1 amide bonds. The number of aromatic nitrogens is 3. The van der Waals surface area contributed by atoms with Crippen molar-refractivity contribution < 1.29 is 14.5 Å². The van der Waals surface area contributed by atoms with E-state index in [0.29, 0.717) is 23.1 Å². The fourth-order valence-electron chi connectivity index (χ4n) is 2.63. The maximum Gasteiger partial charge on any atom is 0.269 e. The molecule has 1 aromatic heterocycles. The molecule has 1 aromatic carbocycles. The summed E-state index contributed by atoms with van der Waals surface area (Å²) in [4.78, 5) is 21.4. The summed E-state index contributed by atoms with van der Waals surface area (Å²) in [6.07, 6.45) is 2.00. The predicted molar refractivity (Wildman–Crippen MR) is 91.0 cm³/mol. The highest BCUT2D eigenvalue weighted by molar-refractivity contribution is 7.99. The molecule has 10 heteroatoms. The van der Waals surface area contributed by atoms with Gasteiger partial charge in [-0.15, -0.1) is 10.2 Å². The minimum absolute atomic E-state index is 0.0114. The summed E-state index contributed by atoms with van der Waals surface area (Å²) >= 11 is 1.21. The lowest BCUT2D eigenvalue weighted by Crippen LogP contribution is -2.18. The van der Waals surface area contributed by atoms with Crippen LogP contribution in [0.3, 0.4) is 0 Å². The third-order valence-corrected chi connectivity index (χ3v) is 4.80. The molecule has 3 rings (SSSR count). The number of carbonyl (C=O) groups excluding carboxylic acids is 1. The fourth-order valence-corrected chi connectivity index (χ4v) is 3.32. The van der Waals surface area contributed by atoms with Crippen LogP contribution in [-0.2, 0) is 16.1 Å². The number of nitro benzene ring substituents is 1. The van der Waals surface area contributed by atoms with Crippen LogP contribution in [0.2, 0.25) is 0 Å². The number of hydrogen-bond donors (Lipinski definition) is 1. The maximum absolute atomic E-state index is 11.1. The smallest absolute Gasteiger partial charge is 0.269 e. The molecule has 0 unspecified atom stereocenters. The van der Waals surface area contributed by atoms with Gasteiger partial charge in [-0.2, -0.15) is 0 Å². The van der Waals surface area contributed by atoms with Crippen LogP contribution in [0.15, 0.2) is 29.4 Å². The number of nitro groups is 1. The van der Waals surface area contributed by atoms with Crippen molar-refractivity contribution in [1.82, 2.24) is 14.8 Å². The minimum atomic E-state index is -0.449. The molecular weight excluding hydrogens is 346 g/mol. The molecule has 1 aliphatic rings. The summed E-state index contributed by atoms with van der Waals surface area (Å²) in [5.41, 5.74) is 5.93. The van der Waals surface area contributed by atoms with Gasteiger partial charge in [0.05, 0.1) is 23.3 Å². The molecule has 1 saturated heterocycles. The van der Waals surface area contributed by atoms with Gasteiger partial charge in [-0.05, 0) is 25.0 Å². The molecule has 9 nitrogen and oxygen atoms in total. The Morgan fingerprint density at radius 3 is 2.76 bits per heavy atom. The third-order valence-electron chi connectivity index (χ3n) is 3.81. The summed E-state index contributed by atoms with van der Waals surface area (Å²) in [6, 6.07) is 6.13. The van der Waals surface area contributed by atoms with Crippen LogP contribution in [0.5, 0.6) is 0 Å². The van der Waals surface area contributed by atoms with E-state index in [4.69, 9.17) is 10.5 Å². The zero-order valence-corrected chi connectivity index (χ0v) is 14.1. The van der Waals surface area contributed by atoms with Gasteiger partial charge in [0.15, 0.2) is 11.0 Å². The molecule has 1 fully saturated rings. The van der Waals surface area contributed by atoms with Crippen molar-refractivity contribution in [2.45, 2.75) is 30.6 Å². The Bertz CT molecular complexity index is 771.